The van der Waals surface area contributed by atoms with Gasteiger partial charge in [0.05, 0.1) is 148 Å². The number of anilines is 2. The lowest BCUT2D eigenvalue weighted by Gasteiger charge is -2.43. The number of carbonyl (C=O) groups is 6. The van der Waals surface area contributed by atoms with Crippen molar-refractivity contribution >= 4 is 69.2 Å². The van der Waals surface area contributed by atoms with Crippen molar-refractivity contribution in [2.45, 2.75) is 199 Å². The molecule has 10 N–H and O–H groups in total. The van der Waals surface area contributed by atoms with E-state index in [2.05, 4.69) is 32.4 Å². The average Bonchev–Trinajstić information content (AvgIpc) is 1.39. The molecule has 34 nitrogen and oxygen atoms in total. The molecule has 1 aliphatic carbocycles. The summed E-state index contributed by atoms with van der Waals surface area (Å²) >= 11 is 0. The van der Waals surface area contributed by atoms with Crippen LogP contribution in [0.3, 0.4) is 0 Å². The van der Waals surface area contributed by atoms with E-state index < -0.39 is 102 Å². The molecule has 5 aromatic rings. The largest absolute Gasteiger partial charge is 0.443 e. The Balaban J connectivity index is 0.548. The van der Waals surface area contributed by atoms with Crippen LogP contribution in [0.1, 0.15) is 135 Å². The summed E-state index contributed by atoms with van der Waals surface area (Å²) in [4.78, 5) is 99.3. The van der Waals surface area contributed by atoms with Crippen LogP contribution in [0.5, 0.6) is 0 Å². The SMILES string of the molecule is CO[C@H]1C[C@@H]2CC[C@@H](C)[C@@](O)(O2)C(=O)C(=O)N2CCCC[C@H]2CO[C@H]([C@H](N)C[C@@H]2CC[C@@H](OC(=O)NCCOCCOCCOCCOCCOCCOCCOCCOCC(=O)N3CCc4cc(Cn5nc(-c6ccc7oc(N)nc7c6)c6c(N)ncnc65)ccc4C3)[C@H](OC)C2)CC(=O)[C@H](C)/C=C(\C)[C@@H](O)[C@@H](O)C(=O)[C@H](C)C[C@H](C)/C=C/C=CC=C1C. The Morgan fingerprint density at radius 2 is 1.40 bits per heavy atom. The molecule has 0 radical (unpaired) electrons. The Morgan fingerprint density at radius 3 is 2.09 bits per heavy atom. The number of nitrogen functional groups attached to an aromatic ring is 2. The van der Waals surface area contributed by atoms with Crippen LogP contribution in [0.4, 0.5) is 16.6 Å². The highest BCUT2D eigenvalue weighted by atomic mass is 16.6. The quantitative estimate of drug-likeness (QED) is 0.0119. The van der Waals surface area contributed by atoms with Gasteiger partial charge in [-0.15, -0.1) is 0 Å². The zero-order valence-corrected chi connectivity index (χ0v) is 73.2. The van der Waals surface area contributed by atoms with Crippen LogP contribution in [0.2, 0.25) is 0 Å². The number of alkyl carbamates (subject to hydrolysis) is 1. The van der Waals surface area contributed by atoms with Crippen LogP contribution in [0.25, 0.3) is 33.4 Å². The molecule has 2 saturated heterocycles. The van der Waals surface area contributed by atoms with Crippen molar-refractivity contribution in [3.63, 3.8) is 0 Å². The number of Topliss-reactive ketones (excluding diaryl/α,β-unsaturated/α-hetero) is 3. The van der Waals surface area contributed by atoms with E-state index in [1.54, 1.807) is 48.0 Å². The first-order chi connectivity index (χ1) is 59.8. The molecule has 34 heteroatoms. The number of methoxy groups -OCH3 is 2. The Bertz CT molecular complexity index is 4380. The third-order valence-electron chi connectivity index (χ3n) is 23.9. The number of nitrogens with two attached hydrogens (primary N) is 3. The lowest BCUT2D eigenvalue weighted by Crippen LogP contribution is -2.60. The molecule has 0 spiro atoms. The number of hydrogen-bond donors (Lipinski definition) is 7. The first kappa shape index (κ1) is 97.8. The smallest absolute Gasteiger partial charge is 0.407 e. The number of aliphatic hydroxyl groups is 3. The van der Waals surface area contributed by atoms with Crippen molar-refractivity contribution in [3.8, 4) is 11.3 Å². The van der Waals surface area contributed by atoms with Crippen LogP contribution >= 0.6 is 0 Å². The Kier molecular flexibility index (Phi) is 39.1. The third-order valence-corrected chi connectivity index (χ3v) is 23.9. The van der Waals surface area contributed by atoms with Gasteiger partial charge in [-0.1, -0.05) is 82.4 Å². The van der Waals surface area contributed by atoms with Gasteiger partial charge in [0.25, 0.3) is 17.7 Å². The second-order valence-corrected chi connectivity index (χ2v) is 33.1. The predicted molar refractivity (Wildman–Crippen MR) is 460 cm³/mol. The first-order valence-electron chi connectivity index (χ1n) is 43.7. The fraction of sp³-hybridized carbons (Fsp3) is 0.644. The zero-order chi connectivity index (χ0) is 88.7. The minimum absolute atomic E-state index is 0.0390. The van der Waals surface area contributed by atoms with E-state index in [9.17, 15) is 44.1 Å². The van der Waals surface area contributed by atoms with Crippen molar-refractivity contribution in [2.24, 2.45) is 35.3 Å². The predicted octanol–water partition coefficient (Wildman–Crippen LogP) is 7.30. The summed E-state index contributed by atoms with van der Waals surface area (Å²) < 4.78 is 82.8. The molecule has 5 aliphatic rings. The number of piperidine rings is 1. The molecule has 10 rings (SSSR count). The number of ether oxygens (including phenoxy) is 13. The van der Waals surface area contributed by atoms with Crippen LogP contribution in [0, 0.1) is 29.6 Å². The Morgan fingerprint density at radius 1 is 0.718 bits per heavy atom. The number of carbonyl (C=O) groups excluding carboxylic acids is 6. The number of hydrogen-bond acceptors (Lipinski definition) is 30. The highest BCUT2D eigenvalue weighted by Gasteiger charge is 2.53. The molecule has 3 fully saturated rings. The number of aromatic nitrogens is 5. The number of rotatable bonds is 35. The monoisotopic (exact) mass is 1730 g/mol. The number of ketones is 3. The summed E-state index contributed by atoms with van der Waals surface area (Å²) in [5.74, 6) is -7.09. The van der Waals surface area contributed by atoms with Gasteiger partial charge in [0.1, 0.15) is 54.1 Å². The Hall–Kier alpha value is -8.40. The summed E-state index contributed by atoms with van der Waals surface area (Å²) in [5.41, 5.74) is 26.8. The van der Waals surface area contributed by atoms with Gasteiger partial charge in [-0.05, 0) is 142 Å². The minimum Gasteiger partial charge on any atom is -0.443 e. The zero-order valence-electron chi connectivity index (χ0n) is 73.2. The molecule has 124 heavy (non-hydrogen) atoms. The van der Waals surface area contributed by atoms with Gasteiger partial charge in [-0.2, -0.15) is 10.1 Å². The molecular weight excluding hydrogens is 1600 g/mol. The number of oxazole rings is 1. The van der Waals surface area contributed by atoms with Crippen molar-refractivity contribution < 1.29 is 110 Å². The fourth-order valence-corrected chi connectivity index (χ4v) is 16.6. The van der Waals surface area contributed by atoms with E-state index in [0.29, 0.717) is 210 Å². The molecular formula is C90H131N11O23. The van der Waals surface area contributed by atoms with E-state index in [1.165, 1.54) is 22.9 Å². The molecule has 7 heterocycles. The van der Waals surface area contributed by atoms with Gasteiger partial charge < -0.3 is 114 Å². The highest BCUT2D eigenvalue weighted by Crippen LogP contribution is 2.39. The summed E-state index contributed by atoms with van der Waals surface area (Å²) in [7, 11) is 3.13. The molecule has 0 unspecified atom stereocenters. The topological polar surface area (TPSA) is 449 Å². The molecule has 3 aromatic heterocycles. The lowest BCUT2D eigenvalue weighted by atomic mass is 9.80. The number of benzene rings is 2. The minimum atomic E-state index is -2.39. The fourth-order valence-electron chi connectivity index (χ4n) is 16.6. The van der Waals surface area contributed by atoms with Crippen molar-refractivity contribution in [1.82, 2.24) is 39.8 Å². The van der Waals surface area contributed by atoms with E-state index >= 15 is 0 Å². The van der Waals surface area contributed by atoms with Crippen LogP contribution in [0.15, 0.2) is 94.7 Å². The van der Waals surface area contributed by atoms with Crippen LogP contribution in [-0.2, 0) is 105 Å². The van der Waals surface area contributed by atoms with Crippen LogP contribution < -0.4 is 22.5 Å². The number of allylic oxidation sites excluding steroid dienone is 6. The van der Waals surface area contributed by atoms with Gasteiger partial charge in [0, 0.05) is 82.6 Å². The van der Waals surface area contributed by atoms with Gasteiger partial charge in [0.15, 0.2) is 17.0 Å². The number of amides is 3. The first-order valence-corrected chi connectivity index (χ1v) is 43.7. The molecule has 684 valence electrons. The van der Waals surface area contributed by atoms with Gasteiger partial charge in [-0.25, -0.2) is 19.4 Å². The summed E-state index contributed by atoms with van der Waals surface area (Å²) in [6, 6.07) is 10.5. The number of nitrogens with one attached hydrogen (secondary N) is 1. The van der Waals surface area contributed by atoms with Crippen LogP contribution in [-0.4, -0.2) is 292 Å². The molecule has 4 aliphatic heterocycles. The number of fused-ring (bicyclic) bond motifs is 6. The molecule has 3 amide bonds. The summed E-state index contributed by atoms with van der Waals surface area (Å²) in [6.07, 6.45) is 11.5. The van der Waals surface area contributed by atoms with Gasteiger partial charge in [-0.3, -0.25) is 24.0 Å². The number of aliphatic hydroxyl groups excluding tert-OH is 2. The second kappa shape index (κ2) is 49.6. The van der Waals surface area contributed by atoms with E-state index in [0.717, 1.165) is 28.7 Å². The maximum absolute atomic E-state index is 14.5. The maximum Gasteiger partial charge on any atom is 0.407 e. The summed E-state index contributed by atoms with van der Waals surface area (Å²) in [5, 5.41) is 42.9. The molecule has 2 bridgehead atoms. The lowest BCUT2D eigenvalue weighted by molar-refractivity contribution is -0.265. The summed E-state index contributed by atoms with van der Waals surface area (Å²) in [6.45, 7) is 17.6. The molecule has 1 saturated carbocycles. The highest BCUT2D eigenvalue weighted by molar-refractivity contribution is 6.39. The van der Waals surface area contributed by atoms with E-state index in [1.807, 2.05) is 72.0 Å². The van der Waals surface area contributed by atoms with E-state index in [4.69, 9.17) is 88.3 Å². The van der Waals surface area contributed by atoms with Crippen molar-refractivity contribution in [2.75, 3.05) is 158 Å². The van der Waals surface area contributed by atoms with Crippen molar-refractivity contribution in [1.29, 1.82) is 0 Å². The molecule has 15 atom stereocenters. The standard InChI is InChI=1S/C90H131N11O23/c1-57-14-10-9-11-15-58(2)75(111-7)50-69-22-17-62(6)90(110,124-69)84(107)87(108)100-27-13-12-16-68(100)54-121-76(51-72(102)59(3)45-61(5)82(105)83(106)81(104)60(4)44-57)70(91)47-63-19-23-74(77(48-63)112-8)123-89(109)94-26-29-113-30-31-114-32-33-115-34-35-116-36-37-117-38-39-118-40-41-119-42-43-120-55-78(103)99-28-25-65-46-64(18-20-67(65)53-99)52-101-86-79(85(92)95-56-96-86)80(98-101)66-21-24-73-71(49-66)97-88(93)122-73/h9-11,14-15,18,20-21,24,45-46,49,56-57,59-60,62-63,68-70,74-77,82-83,105-106,110H,12-13,16-17,19,22-23,25-44,47-48,50-55,91H2,1-8H3,(H2,93,97)(H,94,109)(H2,92,95,96)/b11-9?,14-10+,58-15?,61-45+/t57-,59-,60-,62-,63+,68+,69+,70-,74-,75+,76+,77-,82-,83+,90-/m1/s1. The third kappa shape index (κ3) is 28.6. The van der Waals surface area contributed by atoms with Gasteiger partial charge >= 0.3 is 6.09 Å². The second-order valence-electron chi connectivity index (χ2n) is 33.1. The van der Waals surface area contributed by atoms with E-state index in [-0.39, 0.29) is 81.1 Å². The van der Waals surface area contributed by atoms with Crippen molar-refractivity contribution in [3.05, 3.63) is 107 Å². The normalized spacial score (nSPS) is 26.7. The average molecular weight is 1740 g/mol. The number of nitrogens with zero attached hydrogens (tertiary/aromatic N) is 7. The van der Waals surface area contributed by atoms with Gasteiger partial charge in [0.2, 0.25) is 11.7 Å². The Labute approximate surface area is 725 Å². The maximum atomic E-state index is 14.5. The molecule has 2 aromatic carbocycles.